The van der Waals surface area contributed by atoms with Gasteiger partial charge in [-0.1, -0.05) is 24.3 Å². The van der Waals surface area contributed by atoms with E-state index in [4.69, 9.17) is 0 Å². The Morgan fingerprint density at radius 1 is 1.04 bits per heavy atom. The average molecular weight is 353 g/mol. The normalized spacial score (nSPS) is 10.3. The zero-order valence-corrected chi connectivity index (χ0v) is 15.9. The highest BCUT2D eigenvalue weighted by Gasteiger charge is 2.07. The van der Waals surface area contributed by atoms with Gasteiger partial charge in [0.2, 0.25) is 11.8 Å². The molecule has 2 aromatic rings. The molecule has 0 spiro atoms. The number of hydrogen-bond acceptors (Lipinski definition) is 3. The maximum Gasteiger partial charge on any atom is 0.243 e. The van der Waals surface area contributed by atoms with Gasteiger partial charge in [0.25, 0.3) is 0 Å². The number of hydrogen-bond donors (Lipinski definition) is 2. The summed E-state index contributed by atoms with van der Waals surface area (Å²) in [6.07, 6.45) is 1.11. The highest BCUT2D eigenvalue weighted by atomic mass is 16.2. The molecule has 0 saturated carbocycles. The maximum atomic E-state index is 12.2. The molecule has 2 amide bonds. The number of aryl methyl sites for hydroxylation is 2. The molecular weight excluding hydrogens is 326 g/mol. The molecule has 0 aromatic heterocycles. The Morgan fingerprint density at radius 2 is 1.77 bits per heavy atom. The zero-order valence-electron chi connectivity index (χ0n) is 15.9. The van der Waals surface area contributed by atoms with Crippen molar-refractivity contribution in [3.63, 3.8) is 0 Å². The van der Waals surface area contributed by atoms with Gasteiger partial charge in [-0.2, -0.15) is 0 Å². The molecule has 0 unspecified atom stereocenters. The molecule has 0 aliphatic carbocycles. The number of benzene rings is 2. The van der Waals surface area contributed by atoms with E-state index in [-0.39, 0.29) is 18.4 Å². The van der Waals surface area contributed by atoms with Crippen molar-refractivity contribution in [2.24, 2.45) is 0 Å². The molecule has 26 heavy (non-hydrogen) atoms. The molecule has 2 aromatic carbocycles. The Hall–Kier alpha value is -2.82. The summed E-state index contributed by atoms with van der Waals surface area (Å²) in [7, 11) is 3.50. The van der Waals surface area contributed by atoms with E-state index in [1.165, 1.54) is 5.56 Å². The van der Waals surface area contributed by atoms with Gasteiger partial charge in [-0.3, -0.25) is 9.59 Å². The summed E-state index contributed by atoms with van der Waals surface area (Å²) in [4.78, 5) is 25.5. The maximum absolute atomic E-state index is 12.2. The van der Waals surface area contributed by atoms with Gasteiger partial charge in [0, 0.05) is 31.9 Å². The molecule has 0 saturated heterocycles. The summed E-state index contributed by atoms with van der Waals surface area (Å²) in [5, 5.41) is 6.08. The van der Waals surface area contributed by atoms with Crippen LogP contribution in [0.3, 0.4) is 0 Å². The van der Waals surface area contributed by atoms with Crippen LogP contribution in [0.15, 0.2) is 42.5 Å². The van der Waals surface area contributed by atoms with E-state index in [0.717, 1.165) is 22.5 Å². The highest BCUT2D eigenvalue weighted by Crippen LogP contribution is 2.18. The van der Waals surface area contributed by atoms with Gasteiger partial charge < -0.3 is 15.5 Å². The van der Waals surface area contributed by atoms with E-state index in [9.17, 15) is 9.59 Å². The smallest absolute Gasteiger partial charge is 0.243 e. The fourth-order valence-corrected chi connectivity index (χ4v) is 2.60. The fraction of sp³-hybridized carbons (Fsp3) is 0.333. The van der Waals surface area contributed by atoms with Crippen LogP contribution in [0.25, 0.3) is 0 Å². The standard InChI is InChI=1S/C21H27N3O2/c1-15-7-5-10-19(16(15)2)22-14-20(25)23-18-9-6-8-17(13-18)11-12-21(26)24(3)4/h5-10,13,22H,11-12,14H2,1-4H3,(H,23,25). The van der Waals surface area contributed by atoms with Crippen LogP contribution in [0.4, 0.5) is 11.4 Å². The first-order chi connectivity index (χ1) is 12.4. The zero-order chi connectivity index (χ0) is 19.1. The van der Waals surface area contributed by atoms with E-state index < -0.39 is 0 Å². The highest BCUT2D eigenvalue weighted by molar-refractivity contribution is 5.94. The topological polar surface area (TPSA) is 61.4 Å². The Balaban J connectivity index is 1.89. The first-order valence-electron chi connectivity index (χ1n) is 8.76. The number of rotatable bonds is 7. The van der Waals surface area contributed by atoms with E-state index >= 15 is 0 Å². The monoisotopic (exact) mass is 353 g/mol. The van der Waals surface area contributed by atoms with Crippen LogP contribution in [0, 0.1) is 13.8 Å². The molecule has 0 heterocycles. The van der Waals surface area contributed by atoms with Crippen molar-refractivity contribution in [3.8, 4) is 0 Å². The third kappa shape index (κ3) is 5.62. The third-order valence-electron chi connectivity index (χ3n) is 4.38. The Morgan fingerprint density at radius 3 is 2.50 bits per heavy atom. The van der Waals surface area contributed by atoms with Crippen LogP contribution in [-0.2, 0) is 16.0 Å². The molecule has 0 radical (unpaired) electrons. The van der Waals surface area contributed by atoms with Crippen molar-refractivity contribution < 1.29 is 9.59 Å². The second-order valence-electron chi connectivity index (χ2n) is 6.64. The first kappa shape index (κ1) is 19.5. The lowest BCUT2D eigenvalue weighted by Crippen LogP contribution is -2.22. The van der Waals surface area contributed by atoms with Gasteiger partial charge in [0.15, 0.2) is 0 Å². The van der Waals surface area contributed by atoms with Crippen LogP contribution < -0.4 is 10.6 Å². The molecule has 0 bridgehead atoms. The van der Waals surface area contributed by atoms with E-state index in [2.05, 4.69) is 10.6 Å². The van der Waals surface area contributed by atoms with Gasteiger partial charge in [-0.15, -0.1) is 0 Å². The number of nitrogens with one attached hydrogen (secondary N) is 2. The van der Waals surface area contributed by atoms with Gasteiger partial charge in [0.05, 0.1) is 6.54 Å². The van der Waals surface area contributed by atoms with Crippen molar-refractivity contribution in [1.29, 1.82) is 0 Å². The number of carbonyl (C=O) groups excluding carboxylic acids is 2. The number of anilines is 2. The lowest BCUT2D eigenvalue weighted by Gasteiger charge is -2.12. The molecule has 0 fully saturated rings. The van der Waals surface area contributed by atoms with Gasteiger partial charge in [-0.25, -0.2) is 0 Å². The number of carbonyl (C=O) groups is 2. The summed E-state index contributed by atoms with van der Waals surface area (Å²) in [6, 6.07) is 13.6. The summed E-state index contributed by atoms with van der Waals surface area (Å²) < 4.78 is 0. The molecule has 5 nitrogen and oxygen atoms in total. The van der Waals surface area contributed by atoms with Gasteiger partial charge in [0.1, 0.15) is 0 Å². The minimum absolute atomic E-state index is 0.0946. The van der Waals surface area contributed by atoms with Crippen molar-refractivity contribution in [2.45, 2.75) is 26.7 Å². The SMILES string of the molecule is Cc1cccc(NCC(=O)Nc2cccc(CCC(=O)N(C)C)c2)c1C. The Kier molecular flexibility index (Phi) is 6.78. The van der Waals surface area contributed by atoms with Crippen molar-refractivity contribution in [1.82, 2.24) is 4.90 Å². The number of nitrogens with zero attached hydrogens (tertiary/aromatic N) is 1. The molecule has 2 rings (SSSR count). The largest absolute Gasteiger partial charge is 0.376 e. The lowest BCUT2D eigenvalue weighted by molar-refractivity contribution is -0.128. The Labute approximate surface area is 155 Å². The molecule has 0 aliphatic heterocycles. The van der Waals surface area contributed by atoms with Gasteiger partial charge in [-0.05, 0) is 55.2 Å². The molecule has 5 heteroatoms. The molecule has 138 valence electrons. The second-order valence-corrected chi connectivity index (χ2v) is 6.64. The molecule has 0 aliphatic rings. The van der Waals surface area contributed by atoms with Crippen LogP contribution in [0.5, 0.6) is 0 Å². The van der Waals surface area contributed by atoms with Crippen molar-refractivity contribution >= 4 is 23.2 Å². The summed E-state index contributed by atoms with van der Waals surface area (Å²) in [5.74, 6) is -0.00964. The van der Waals surface area contributed by atoms with E-state index in [1.54, 1.807) is 19.0 Å². The van der Waals surface area contributed by atoms with E-state index in [0.29, 0.717) is 12.8 Å². The predicted molar refractivity (Wildman–Crippen MR) is 106 cm³/mol. The number of amides is 2. The Bertz CT molecular complexity index is 785. The second kappa shape index (κ2) is 9.04. The van der Waals surface area contributed by atoms with Crippen LogP contribution >= 0.6 is 0 Å². The lowest BCUT2D eigenvalue weighted by atomic mass is 10.1. The minimum Gasteiger partial charge on any atom is -0.376 e. The van der Waals surface area contributed by atoms with Crippen LogP contribution in [0.2, 0.25) is 0 Å². The predicted octanol–water partition coefficient (Wildman–Crippen LogP) is 3.37. The van der Waals surface area contributed by atoms with Gasteiger partial charge >= 0.3 is 0 Å². The summed E-state index contributed by atoms with van der Waals surface area (Å²) in [5.41, 5.74) is 5.08. The molecule has 2 N–H and O–H groups in total. The quantitative estimate of drug-likeness (QED) is 0.802. The molecule has 0 atom stereocenters. The fourth-order valence-electron chi connectivity index (χ4n) is 2.60. The van der Waals surface area contributed by atoms with Crippen LogP contribution in [-0.4, -0.2) is 37.4 Å². The van der Waals surface area contributed by atoms with Crippen LogP contribution in [0.1, 0.15) is 23.1 Å². The van der Waals surface area contributed by atoms with Crippen molar-refractivity contribution in [3.05, 3.63) is 59.2 Å². The van der Waals surface area contributed by atoms with Crippen molar-refractivity contribution in [2.75, 3.05) is 31.3 Å². The molecular formula is C21H27N3O2. The summed E-state index contributed by atoms with van der Waals surface area (Å²) in [6.45, 7) is 4.29. The first-order valence-corrected chi connectivity index (χ1v) is 8.76. The minimum atomic E-state index is -0.104. The van der Waals surface area contributed by atoms with E-state index in [1.807, 2.05) is 56.3 Å². The third-order valence-corrected chi connectivity index (χ3v) is 4.38. The average Bonchev–Trinajstić information content (AvgIpc) is 2.61. The summed E-state index contributed by atoms with van der Waals surface area (Å²) >= 11 is 0.